The van der Waals surface area contributed by atoms with E-state index in [9.17, 15) is 14.8 Å². The predicted molar refractivity (Wildman–Crippen MR) is 80.7 cm³/mol. The zero-order chi connectivity index (χ0) is 15.9. The highest BCUT2D eigenvalue weighted by atomic mass is 31.2. The first-order valence-electron chi connectivity index (χ1n) is 6.95. The highest BCUT2D eigenvalue weighted by Gasteiger charge is 2.43. The van der Waals surface area contributed by atoms with Crippen LogP contribution in [0.25, 0.3) is 0 Å². The average molecular weight is 317 g/mol. The van der Waals surface area contributed by atoms with Crippen LogP contribution < -0.4 is 0 Å². The number of hydrogen-bond donors (Lipinski definition) is 4. The summed E-state index contributed by atoms with van der Waals surface area (Å²) in [4.78, 5) is 19.4. The van der Waals surface area contributed by atoms with Crippen molar-refractivity contribution in [2.45, 2.75) is 31.2 Å². The summed E-state index contributed by atoms with van der Waals surface area (Å²) in [5.74, 6) is 0. The van der Waals surface area contributed by atoms with E-state index in [2.05, 4.69) is 12.1 Å². The number of aliphatic hydroxyl groups is 2. The summed E-state index contributed by atoms with van der Waals surface area (Å²) in [5, 5.41) is 18.6. The van der Waals surface area contributed by atoms with Crippen molar-refractivity contribution in [2.24, 2.45) is 0 Å². The summed E-state index contributed by atoms with van der Waals surface area (Å²) < 4.78 is 10.9. The molecule has 0 unspecified atom stereocenters. The van der Waals surface area contributed by atoms with E-state index in [1.807, 2.05) is 23.1 Å². The normalized spacial score (nSPS) is 12.9. The fraction of sp³-hybridized carbons (Fsp3) is 0.571. The highest BCUT2D eigenvalue weighted by molar-refractivity contribution is 7.53. The first kappa shape index (κ1) is 18.3. The molecule has 1 aromatic carbocycles. The number of benzene rings is 1. The van der Waals surface area contributed by atoms with Gasteiger partial charge in [-0.25, -0.2) is 0 Å². The molecule has 6 nitrogen and oxygen atoms in total. The molecular weight excluding hydrogens is 293 g/mol. The topological polar surface area (TPSA) is 101 Å². The van der Waals surface area contributed by atoms with Gasteiger partial charge in [0.15, 0.2) is 0 Å². The molecule has 0 saturated carbocycles. The molecule has 0 aliphatic carbocycles. The van der Waals surface area contributed by atoms with Gasteiger partial charge in [-0.05, 0) is 38.4 Å². The first-order valence-corrected chi connectivity index (χ1v) is 8.56. The van der Waals surface area contributed by atoms with Crippen LogP contribution in [0.1, 0.15) is 24.8 Å². The quantitative estimate of drug-likeness (QED) is 0.310. The van der Waals surface area contributed by atoms with Crippen LogP contribution in [0.2, 0.25) is 0 Å². The van der Waals surface area contributed by atoms with Gasteiger partial charge in [0.1, 0.15) is 0 Å². The van der Waals surface area contributed by atoms with E-state index >= 15 is 0 Å². The molecule has 0 aliphatic heterocycles. The first-order chi connectivity index (χ1) is 9.72. The Labute approximate surface area is 125 Å². The van der Waals surface area contributed by atoms with Gasteiger partial charge in [0, 0.05) is 13.0 Å². The maximum absolute atomic E-state index is 10.9. The van der Waals surface area contributed by atoms with Gasteiger partial charge in [-0.3, -0.25) is 4.57 Å². The molecule has 120 valence electrons. The molecule has 1 aromatic rings. The molecule has 4 N–H and O–H groups in total. The van der Waals surface area contributed by atoms with Gasteiger partial charge in [-0.2, -0.15) is 0 Å². The van der Waals surface area contributed by atoms with Crippen LogP contribution in [0.4, 0.5) is 0 Å². The Kier molecular flexibility index (Phi) is 7.00. The van der Waals surface area contributed by atoms with Crippen LogP contribution in [-0.2, 0) is 11.0 Å². The molecule has 0 radical (unpaired) electrons. The van der Waals surface area contributed by atoms with Crippen molar-refractivity contribution in [3.8, 4) is 0 Å². The second-order valence-electron chi connectivity index (χ2n) is 5.31. The number of unbranched alkanes of at least 4 members (excludes halogenated alkanes) is 1. The molecule has 0 bridgehead atoms. The number of rotatable bonds is 9. The Morgan fingerprint density at radius 1 is 1.10 bits per heavy atom. The molecule has 0 heterocycles. The van der Waals surface area contributed by atoms with Crippen molar-refractivity contribution in [3.05, 3.63) is 35.9 Å². The molecule has 0 aliphatic rings. The second-order valence-corrected chi connectivity index (χ2v) is 7.12. The smallest absolute Gasteiger partial charge is 0.356 e. The monoisotopic (exact) mass is 317 g/mol. The van der Waals surface area contributed by atoms with E-state index in [-0.39, 0.29) is 13.0 Å². The molecule has 21 heavy (non-hydrogen) atoms. The van der Waals surface area contributed by atoms with Crippen LogP contribution in [0.5, 0.6) is 0 Å². The van der Waals surface area contributed by atoms with Crippen molar-refractivity contribution < 1.29 is 24.6 Å². The maximum Gasteiger partial charge on any atom is 0.384 e. The lowest BCUT2D eigenvalue weighted by Crippen LogP contribution is -2.33. The third-order valence-electron chi connectivity index (χ3n) is 3.39. The van der Waals surface area contributed by atoms with Gasteiger partial charge >= 0.3 is 7.60 Å². The molecular formula is C14H24NO5P. The molecule has 1 rings (SSSR count). The van der Waals surface area contributed by atoms with Crippen LogP contribution in [0.15, 0.2) is 30.3 Å². The Balaban J connectivity index is 2.20. The zero-order valence-electron chi connectivity index (χ0n) is 12.2. The molecule has 7 heteroatoms. The van der Waals surface area contributed by atoms with E-state index in [0.717, 1.165) is 25.8 Å². The average Bonchev–Trinajstić information content (AvgIpc) is 2.41. The third kappa shape index (κ3) is 6.70. The fourth-order valence-electron chi connectivity index (χ4n) is 1.95. The Morgan fingerprint density at radius 3 is 2.29 bits per heavy atom. The Hall–Kier alpha value is -0.750. The van der Waals surface area contributed by atoms with Gasteiger partial charge in [-0.1, -0.05) is 30.3 Å². The summed E-state index contributed by atoms with van der Waals surface area (Å²) in [7, 11) is -3.12. The SMILES string of the molecule is CN(CCCCc1ccccc1)CCC(O)(O)P(=O)(O)O. The van der Waals surface area contributed by atoms with Crippen molar-refractivity contribution in [1.82, 2.24) is 4.90 Å². The van der Waals surface area contributed by atoms with Crippen LogP contribution in [0.3, 0.4) is 0 Å². The van der Waals surface area contributed by atoms with E-state index in [0.29, 0.717) is 0 Å². The molecule has 0 fully saturated rings. The maximum atomic E-state index is 10.9. The number of nitrogens with zero attached hydrogens (tertiary/aromatic N) is 1. The molecule has 0 amide bonds. The second kappa shape index (κ2) is 8.03. The minimum Gasteiger partial charge on any atom is -0.356 e. The van der Waals surface area contributed by atoms with E-state index in [1.54, 1.807) is 7.05 Å². The van der Waals surface area contributed by atoms with E-state index < -0.39 is 13.1 Å². The number of aryl methyl sites for hydroxylation is 1. The fourth-order valence-corrected chi connectivity index (χ4v) is 2.35. The van der Waals surface area contributed by atoms with Crippen molar-refractivity contribution >= 4 is 7.60 Å². The summed E-state index contributed by atoms with van der Waals surface area (Å²) in [6.45, 7) is 0.952. The minimum atomic E-state index is -4.91. The summed E-state index contributed by atoms with van der Waals surface area (Å²) in [5.41, 5.74) is -1.66. The standard InChI is InChI=1S/C14H24NO5P/c1-15(12-10-14(16,17)21(18,19)20)11-6-5-9-13-7-3-2-4-8-13/h2-4,7-8,16-17H,5-6,9-12H2,1H3,(H2,18,19,20). The van der Waals surface area contributed by atoms with Gasteiger partial charge in [-0.15, -0.1) is 0 Å². The van der Waals surface area contributed by atoms with E-state index in [1.165, 1.54) is 5.56 Å². The van der Waals surface area contributed by atoms with E-state index in [4.69, 9.17) is 9.79 Å². The number of hydrogen-bond acceptors (Lipinski definition) is 4. The van der Waals surface area contributed by atoms with Gasteiger partial charge < -0.3 is 24.9 Å². The molecule has 0 aromatic heterocycles. The molecule has 0 saturated heterocycles. The minimum absolute atomic E-state index is 0.212. The van der Waals surface area contributed by atoms with Crippen LogP contribution in [0, 0.1) is 0 Å². The van der Waals surface area contributed by atoms with Crippen LogP contribution in [-0.4, -0.2) is 50.6 Å². The Morgan fingerprint density at radius 2 is 1.71 bits per heavy atom. The largest absolute Gasteiger partial charge is 0.384 e. The summed E-state index contributed by atoms with van der Waals surface area (Å²) in [6, 6.07) is 10.1. The lowest BCUT2D eigenvalue weighted by atomic mass is 10.1. The Bertz CT molecular complexity index is 460. The van der Waals surface area contributed by atoms with Crippen molar-refractivity contribution in [2.75, 3.05) is 20.1 Å². The van der Waals surface area contributed by atoms with Gasteiger partial charge in [0.25, 0.3) is 5.53 Å². The van der Waals surface area contributed by atoms with Gasteiger partial charge in [0.05, 0.1) is 0 Å². The van der Waals surface area contributed by atoms with Crippen LogP contribution >= 0.6 is 7.60 Å². The lowest BCUT2D eigenvalue weighted by Gasteiger charge is -2.25. The third-order valence-corrected chi connectivity index (χ3v) is 4.55. The lowest BCUT2D eigenvalue weighted by molar-refractivity contribution is -0.111. The zero-order valence-corrected chi connectivity index (χ0v) is 13.1. The highest BCUT2D eigenvalue weighted by Crippen LogP contribution is 2.48. The summed E-state index contributed by atoms with van der Waals surface area (Å²) in [6.07, 6.45) is 2.55. The van der Waals surface area contributed by atoms with Gasteiger partial charge in [0.2, 0.25) is 0 Å². The summed E-state index contributed by atoms with van der Waals surface area (Å²) >= 11 is 0. The molecule has 0 atom stereocenters. The van der Waals surface area contributed by atoms with Crippen molar-refractivity contribution in [3.63, 3.8) is 0 Å². The van der Waals surface area contributed by atoms with Crippen molar-refractivity contribution in [1.29, 1.82) is 0 Å². The molecule has 0 spiro atoms. The predicted octanol–water partition coefficient (Wildman–Crippen LogP) is 1.15.